The molecule has 0 aromatic heterocycles. The molecule has 0 spiro atoms. The van der Waals surface area contributed by atoms with Crippen LogP contribution in [0.1, 0.15) is 38.7 Å². The Morgan fingerprint density at radius 3 is 2.29 bits per heavy atom. The minimum absolute atomic E-state index is 0.123. The number of nitrogens with zero attached hydrogens (tertiary/aromatic N) is 2. The molecule has 0 saturated carbocycles. The van der Waals surface area contributed by atoms with Gasteiger partial charge in [0, 0.05) is 39.3 Å². The van der Waals surface area contributed by atoms with Crippen molar-refractivity contribution in [2.75, 3.05) is 39.0 Å². The lowest BCUT2D eigenvalue weighted by atomic mass is 10.1. The first-order valence-corrected chi connectivity index (χ1v) is 8.78. The smallest absolute Gasteiger partial charge is 0.241 e. The summed E-state index contributed by atoms with van der Waals surface area (Å²) >= 11 is 0. The van der Waals surface area contributed by atoms with E-state index in [2.05, 4.69) is 19.2 Å². The molecular weight excluding hydrogens is 302 g/mol. The van der Waals surface area contributed by atoms with Crippen molar-refractivity contribution >= 4 is 17.5 Å². The van der Waals surface area contributed by atoms with Gasteiger partial charge in [0.05, 0.1) is 6.54 Å². The second-order valence-electron chi connectivity index (χ2n) is 6.22. The molecule has 1 aromatic carbocycles. The number of anilines is 1. The standard InChI is InChI=1S/C19H31N3O2/c1-5-12-22(13-6-2)19(24)15-20-17-9-7-8-16(14-17)10-11-18(23)21(3)4/h7-9,14,20H,5-6,10-13,15H2,1-4H3. The number of carbonyl (C=O) groups is 2. The molecular formula is C19H31N3O2. The SMILES string of the molecule is CCCN(CCC)C(=O)CNc1cccc(CCC(=O)N(C)C)c1. The number of benzene rings is 1. The van der Waals surface area contributed by atoms with Crippen molar-refractivity contribution in [2.24, 2.45) is 0 Å². The largest absolute Gasteiger partial charge is 0.376 e. The predicted octanol–water partition coefficient (Wildman–Crippen LogP) is 2.77. The number of hydrogen-bond acceptors (Lipinski definition) is 3. The number of rotatable bonds is 10. The number of carbonyl (C=O) groups excluding carboxylic acids is 2. The summed E-state index contributed by atoms with van der Waals surface area (Å²) in [4.78, 5) is 27.5. The molecule has 0 heterocycles. The Kier molecular flexibility index (Phi) is 8.90. The molecule has 2 amide bonds. The first-order valence-electron chi connectivity index (χ1n) is 8.78. The van der Waals surface area contributed by atoms with E-state index in [1.807, 2.05) is 29.2 Å². The maximum absolute atomic E-state index is 12.3. The second kappa shape index (κ2) is 10.7. The van der Waals surface area contributed by atoms with Gasteiger partial charge in [-0.1, -0.05) is 26.0 Å². The van der Waals surface area contributed by atoms with Crippen LogP contribution in [0.3, 0.4) is 0 Å². The highest BCUT2D eigenvalue weighted by Gasteiger charge is 2.11. The lowest BCUT2D eigenvalue weighted by Crippen LogP contribution is -2.36. The molecule has 0 unspecified atom stereocenters. The fraction of sp³-hybridized carbons (Fsp3) is 0.579. The van der Waals surface area contributed by atoms with E-state index in [1.165, 1.54) is 0 Å². The highest BCUT2D eigenvalue weighted by Crippen LogP contribution is 2.12. The summed E-state index contributed by atoms with van der Waals surface area (Å²) in [5.41, 5.74) is 2.02. The fourth-order valence-corrected chi connectivity index (χ4v) is 2.50. The summed E-state index contributed by atoms with van der Waals surface area (Å²) in [6.07, 6.45) is 3.15. The van der Waals surface area contributed by atoms with E-state index in [1.54, 1.807) is 19.0 Å². The molecule has 5 nitrogen and oxygen atoms in total. The monoisotopic (exact) mass is 333 g/mol. The maximum atomic E-state index is 12.3. The van der Waals surface area contributed by atoms with Gasteiger partial charge in [-0.3, -0.25) is 9.59 Å². The van der Waals surface area contributed by atoms with Crippen LogP contribution in [0.5, 0.6) is 0 Å². The van der Waals surface area contributed by atoms with Gasteiger partial charge in [-0.15, -0.1) is 0 Å². The van der Waals surface area contributed by atoms with Crippen molar-refractivity contribution in [1.29, 1.82) is 0 Å². The summed E-state index contributed by atoms with van der Waals surface area (Å²) in [5.74, 6) is 0.255. The van der Waals surface area contributed by atoms with Crippen molar-refractivity contribution in [1.82, 2.24) is 9.80 Å². The highest BCUT2D eigenvalue weighted by atomic mass is 16.2. The van der Waals surface area contributed by atoms with Crippen LogP contribution in [0.15, 0.2) is 24.3 Å². The lowest BCUT2D eigenvalue weighted by Gasteiger charge is -2.22. The molecule has 0 aliphatic rings. The van der Waals surface area contributed by atoms with Gasteiger partial charge in [0.1, 0.15) is 0 Å². The fourth-order valence-electron chi connectivity index (χ4n) is 2.50. The zero-order chi connectivity index (χ0) is 17.9. The van der Waals surface area contributed by atoms with Crippen LogP contribution in [-0.2, 0) is 16.0 Å². The van der Waals surface area contributed by atoms with Gasteiger partial charge < -0.3 is 15.1 Å². The van der Waals surface area contributed by atoms with Crippen molar-refractivity contribution in [3.8, 4) is 0 Å². The molecule has 24 heavy (non-hydrogen) atoms. The Morgan fingerprint density at radius 2 is 1.71 bits per heavy atom. The molecule has 5 heteroatoms. The van der Waals surface area contributed by atoms with E-state index in [9.17, 15) is 9.59 Å². The van der Waals surface area contributed by atoms with E-state index in [-0.39, 0.29) is 11.8 Å². The first-order chi connectivity index (χ1) is 11.5. The number of aryl methyl sites for hydroxylation is 1. The van der Waals surface area contributed by atoms with Crippen LogP contribution in [0.2, 0.25) is 0 Å². The molecule has 0 saturated heterocycles. The summed E-state index contributed by atoms with van der Waals surface area (Å²) in [5, 5.41) is 3.21. The minimum atomic E-state index is 0.123. The number of nitrogens with one attached hydrogen (secondary N) is 1. The van der Waals surface area contributed by atoms with Gasteiger partial charge >= 0.3 is 0 Å². The van der Waals surface area contributed by atoms with Crippen LogP contribution < -0.4 is 5.32 Å². The maximum Gasteiger partial charge on any atom is 0.241 e. The lowest BCUT2D eigenvalue weighted by molar-refractivity contribution is -0.129. The van der Waals surface area contributed by atoms with Crippen molar-refractivity contribution in [3.63, 3.8) is 0 Å². The van der Waals surface area contributed by atoms with Gasteiger partial charge in [0.2, 0.25) is 11.8 Å². The normalized spacial score (nSPS) is 10.3. The van der Waals surface area contributed by atoms with Gasteiger partial charge in [-0.25, -0.2) is 0 Å². The topological polar surface area (TPSA) is 52.7 Å². The Balaban J connectivity index is 2.54. The van der Waals surface area contributed by atoms with E-state index >= 15 is 0 Å². The van der Waals surface area contributed by atoms with Gasteiger partial charge in [-0.2, -0.15) is 0 Å². The zero-order valence-electron chi connectivity index (χ0n) is 15.5. The molecule has 1 rings (SSSR count). The Hall–Kier alpha value is -2.04. The minimum Gasteiger partial charge on any atom is -0.376 e. The molecule has 0 aliphatic carbocycles. The van der Waals surface area contributed by atoms with Crippen molar-refractivity contribution in [3.05, 3.63) is 29.8 Å². The Morgan fingerprint density at radius 1 is 1.04 bits per heavy atom. The Labute approximate surface area is 146 Å². The van der Waals surface area contributed by atoms with E-state index in [4.69, 9.17) is 0 Å². The third-order valence-corrected chi connectivity index (χ3v) is 3.84. The molecule has 0 radical (unpaired) electrons. The highest BCUT2D eigenvalue weighted by molar-refractivity contribution is 5.81. The average molecular weight is 333 g/mol. The first kappa shape index (κ1) is 20.0. The van der Waals surface area contributed by atoms with Gasteiger partial charge in [-0.05, 0) is 37.0 Å². The third-order valence-electron chi connectivity index (χ3n) is 3.84. The van der Waals surface area contributed by atoms with E-state index in [0.29, 0.717) is 19.4 Å². The third kappa shape index (κ3) is 7.02. The van der Waals surface area contributed by atoms with Crippen molar-refractivity contribution < 1.29 is 9.59 Å². The number of hydrogen-bond donors (Lipinski definition) is 1. The summed E-state index contributed by atoms with van der Waals surface area (Å²) in [7, 11) is 3.54. The molecule has 1 N–H and O–H groups in total. The molecule has 0 atom stereocenters. The van der Waals surface area contributed by atoms with Crippen LogP contribution in [0.25, 0.3) is 0 Å². The predicted molar refractivity (Wildman–Crippen MR) is 99.1 cm³/mol. The molecule has 1 aromatic rings. The summed E-state index contributed by atoms with van der Waals surface area (Å²) in [6, 6.07) is 7.93. The zero-order valence-corrected chi connectivity index (χ0v) is 15.5. The quantitative estimate of drug-likeness (QED) is 0.716. The van der Waals surface area contributed by atoms with Crippen LogP contribution >= 0.6 is 0 Å². The summed E-state index contributed by atoms with van der Waals surface area (Å²) < 4.78 is 0. The van der Waals surface area contributed by atoms with Crippen molar-refractivity contribution in [2.45, 2.75) is 39.5 Å². The van der Waals surface area contributed by atoms with Gasteiger partial charge in [0.25, 0.3) is 0 Å². The van der Waals surface area contributed by atoms with Gasteiger partial charge in [0.15, 0.2) is 0 Å². The number of amides is 2. The molecule has 134 valence electrons. The van der Waals surface area contributed by atoms with Crippen LogP contribution in [0.4, 0.5) is 5.69 Å². The second-order valence-corrected chi connectivity index (χ2v) is 6.22. The van der Waals surface area contributed by atoms with Crippen LogP contribution in [0, 0.1) is 0 Å². The molecule has 0 fully saturated rings. The van der Waals surface area contributed by atoms with Crippen LogP contribution in [-0.4, -0.2) is 55.3 Å². The molecule has 0 aliphatic heterocycles. The average Bonchev–Trinajstić information content (AvgIpc) is 2.57. The Bertz CT molecular complexity index is 523. The molecule has 0 bridgehead atoms. The summed E-state index contributed by atoms with van der Waals surface area (Å²) in [6.45, 7) is 6.09. The van der Waals surface area contributed by atoms with E-state index < -0.39 is 0 Å². The van der Waals surface area contributed by atoms with E-state index in [0.717, 1.165) is 37.2 Å².